The zero-order valence-corrected chi connectivity index (χ0v) is 20.9. The zero-order chi connectivity index (χ0) is 26.5. The summed E-state index contributed by atoms with van der Waals surface area (Å²) >= 11 is 0. The van der Waals surface area contributed by atoms with Crippen LogP contribution in [0.5, 0.6) is 0 Å². The average Bonchev–Trinajstić information content (AvgIpc) is 2.92. The van der Waals surface area contributed by atoms with Gasteiger partial charge in [0, 0.05) is 19.8 Å². The lowest BCUT2D eigenvalue weighted by atomic mass is 9.87. The predicted octanol–water partition coefficient (Wildman–Crippen LogP) is 2.55. The second kappa shape index (κ2) is 11.8. The first-order chi connectivity index (χ1) is 17.8. The lowest BCUT2D eigenvalue weighted by Gasteiger charge is -2.40. The maximum absolute atomic E-state index is 14.4. The average molecular weight is 515 g/mol. The van der Waals surface area contributed by atoms with Gasteiger partial charge in [-0.25, -0.2) is 8.78 Å². The number of fused-ring (bicyclic) bond motifs is 1. The number of nitrogens with one attached hydrogen (secondary N) is 3. The number of benzene rings is 2. The van der Waals surface area contributed by atoms with Crippen LogP contribution in [0.25, 0.3) is 0 Å². The highest BCUT2D eigenvalue weighted by molar-refractivity contribution is 6.00. The molecule has 0 radical (unpaired) electrons. The van der Waals surface area contributed by atoms with Gasteiger partial charge in [-0.3, -0.25) is 14.4 Å². The van der Waals surface area contributed by atoms with Crippen LogP contribution in [0.15, 0.2) is 42.5 Å². The van der Waals surface area contributed by atoms with Gasteiger partial charge in [0.2, 0.25) is 11.8 Å². The molecule has 198 valence electrons. The third-order valence-corrected chi connectivity index (χ3v) is 7.15. The number of carbonyl (C=O) groups excluding carboxylic acids is 3. The molecule has 1 fully saturated rings. The summed E-state index contributed by atoms with van der Waals surface area (Å²) in [5.41, 5.74) is 0.883. The molecule has 0 saturated carbocycles. The summed E-state index contributed by atoms with van der Waals surface area (Å²) < 4.78 is 34.2. The van der Waals surface area contributed by atoms with Crippen molar-refractivity contribution >= 4 is 23.4 Å². The van der Waals surface area contributed by atoms with Crippen molar-refractivity contribution in [1.29, 1.82) is 0 Å². The summed E-state index contributed by atoms with van der Waals surface area (Å²) in [4.78, 5) is 41.9. The highest BCUT2D eigenvalue weighted by Crippen LogP contribution is 2.33. The van der Waals surface area contributed by atoms with Gasteiger partial charge >= 0.3 is 0 Å². The van der Waals surface area contributed by atoms with Crippen molar-refractivity contribution in [3.8, 4) is 0 Å². The van der Waals surface area contributed by atoms with Crippen molar-refractivity contribution < 1.29 is 27.9 Å². The molecule has 37 heavy (non-hydrogen) atoms. The Morgan fingerprint density at radius 2 is 1.70 bits per heavy atom. The van der Waals surface area contributed by atoms with Crippen molar-refractivity contribution in [2.45, 2.75) is 44.3 Å². The third kappa shape index (κ3) is 5.80. The Labute approximate surface area is 214 Å². The van der Waals surface area contributed by atoms with E-state index in [1.165, 1.54) is 11.0 Å². The van der Waals surface area contributed by atoms with Gasteiger partial charge in [-0.05, 0) is 62.4 Å². The van der Waals surface area contributed by atoms with E-state index in [2.05, 4.69) is 16.0 Å². The molecular weight excluding hydrogens is 482 g/mol. The van der Waals surface area contributed by atoms with Crippen LogP contribution in [0.4, 0.5) is 14.5 Å². The molecule has 2 aliphatic heterocycles. The van der Waals surface area contributed by atoms with E-state index in [0.717, 1.165) is 17.7 Å². The number of hydrogen-bond donors (Lipinski definition) is 3. The quantitative estimate of drug-likeness (QED) is 0.528. The van der Waals surface area contributed by atoms with Crippen LogP contribution < -0.4 is 16.0 Å². The van der Waals surface area contributed by atoms with Gasteiger partial charge in [-0.2, -0.15) is 0 Å². The SMILES string of the molecule is CNC(C)C(=O)NC(C(=O)N1CCc2ccccc2C1C(=O)Nc1c(F)cccc1F)C1CCOCC1. The van der Waals surface area contributed by atoms with Gasteiger partial charge < -0.3 is 25.6 Å². The highest BCUT2D eigenvalue weighted by atomic mass is 19.1. The summed E-state index contributed by atoms with van der Waals surface area (Å²) in [5.74, 6) is -3.48. The number of anilines is 1. The van der Waals surface area contributed by atoms with Gasteiger partial charge in [-0.1, -0.05) is 30.3 Å². The lowest BCUT2D eigenvalue weighted by Crippen LogP contribution is -2.58. The van der Waals surface area contributed by atoms with Crippen LogP contribution in [0.3, 0.4) is 0 Å². The molecule has 2 aromatic rings. The van der Waals surface area contributed by atoms with E-state index < -0.39 is 47.3 Å². The minimum absolute atomic E-state index is 0.181. The second-order valence-corrected chi connectivity index (χ2v) is 9.42. The molecule has 10 heteroatoms. The van der Waals surface area contributed by atoms with Crippen LogP contribution in [0, 0.1) is 17.6 Å². The molecule has 0 spiro atoms. The van der Waals surface area contributed by atoms with E-state index in [-0.39, 0.29) is 18.4 Å². The second-order valence-electron chi connectivity index (χ2n) is 9.42. The van der Waals surface area contributed by atoms with Gasteiger partial charge in [0.25, 0.3) is 5.91 Å². The van der Waals surface area contributed by atoms with E-state index in [1.807, 2.05) is 12.1 Å². The maximum Gasteiger partial charge on any atom is 0.251 e. The number of ether oxygens (including phenoxy) is 1. The molecule has 0 aromatic heterocycles. The molecule has 2 aromatic carbocycles. The number of nitrogens with zero attached hydrogens (tertiary/aromatic N) is 1. The fourth-order valence-corrected chi connectivity index (χ4v) is 4.91. The first-order valence-electron chi connectivity index (χ1n) is 12.5. The normalized spacial score (nSPS) is 19.5. The van der Waals surface area contributed by atoms with Crippen molar-refractivity contribution in [3.05, 3.63) is 65.2 Å². The van der Waals surface area contributed by atoms with Crippen molar-refractivity contribution in [1.82, 2.24) is 15.5 Å². The van der Waals surface area contributed by atoms with Crippen LogP contribution in [-0.4, -0.2) is 61.5 Å². The number of likely N-dealkylation sites (N-methyl/N-ethyl adjacent to an activating group) is 1. The number of amides is 3. The number of hydrogen-bond acceptors (Lipinski definition) is 5. The fourth-order valence-electron chi connectivity index (χ4n) is 4.91. The maximum atomic E-state index is 14.4. The largest absolute Gasteiger partial charge is 0.381 e. The van der Waals surface area contributed by atoms with E-state index in [0.29, 0.717) is 38.0 Å². The minimum atomic E-state index is -1.13. The summed E-state index contributed by atoms with van der Waals surface area (Å²) in [7, 11) is 1.65. The molecule has 8 nitrogen and oxygen atoms in total. The Bertz CT molecular complexity index is 1130. The van der Waals surface area contributed by atoms with Gasteiger partial charge in [0.05, 0.1) is 6.04 Å². The molecule has 3 unspecified atom stereocenters. The smallest absolute Gasteiger partial charge is 0.251 e. The zero-order valence-electron chi connectivity index (χ0n) is 20.9. The Morgan fingerprint density at radius 1 is 1.03 bits per heavy atom. The molecular formula is C27H32F2N4O4. The van der Waals surface area contributed by atoms with Crippen molar-refractivity contribution in [2.75, 3.05) is 32.1 Å². The number of halogens is 2. The molecule has 4 rings (SSSR count). The molecule has 2 heterocycles. The first kappa shape index (κ1) is 26.7. The van der Waals surface area contributed by atoms with Crippen molar-refractivity contribution in [2.24, 2.45) is 5.92 Å². The van der Waals surface area contributed by atoms with E-state index in [1.54, 1.807) is 26.1 Å². The number of para-hydroxylation sites is 1. The van der Waals surface area contributed by atoms with E-state index >= 15 is 0 Å². The summed E-state index contributed by atoms with van der Waals surface area (Å²) in [6.07, 6.45) is 1.65. The topological polar surface area (TPSA) is 99.8 Å². The Balaban J connectivity index is 1.68. The lowest BCUT2D eigenvalue weighted by molar-refractivity contribution is -0.145. The van der Waals surface area contributed by atoms with Crippen LogP contribution in [-0.2, 0) is 25.5 Å². The number of rotatable bonds is 7. The molecule has 0 bridgehead atoms. The van der Waals surface area contributed by atoms with Crippen molar-refractivity contribution in [3.63, 3.8) is 0 Å². The third-order valence-electron chi connectivity index (χ3n) is 7.15. The van der Waals surface area contributed by atoms with E-state index in [4.69, 9.17) is 4.74 Å². The van der Waals surface area contributed by atoms with E-state index in [9.17, 15) is 23.2 Å². The highest BCUT2D eigenvalue weighted by Gasteiger charge is 2.42. The molecule has 3 N–H and O–H groups in total. The Morgan fingerprint density at radius 3 is 2.38 bits per heavy atom. The molecule has 3 amide bonds. The summed E-state index contributed by atoms with van der Waals surface area (Å²) in [6, 6.07) is 7.98. The molecule has 2 aliphatic rings. The predicted molar refractivity (Wildman–Crippen MR) is 134 cm³/mol. The molecule has 3 atom stereocenters. The summed E-state index contributed by atoms with van der Waals surface area (Å²) in [5, 5.41) is 8.12. The monoisotopic (exact) mass is 514 g/mol. The van der Waals surface area contributed by atoms with Crippen LogP contribution >= 0.6 is 0 Å². The Hall–Kier alpha value is -3.37. The van der Waals surface area contributed by atoms with Crippen LogP contribution in [0.2, 0.25) is 0 Å². The fraction of sp³-hybridized carbons (Fsp3) is 0.444. The minimum Gasteiger partial charge on any atom is -0.381 e. The van der Waals surface area contributed by atoms with Gasteiger partial charge in [0.15, 0.2) is 0 Å². The van der Waals surface area contributed by atoms with Gasteiger partial charge in [-0.15, -0.1) is 0 Å². The summed E-state index contributed by atoms with van der Waals surface area (Å²) in [6.45, 7) is 2.83. The molecule has 1 saturated heterocycles. The molecule has 0 aliphatic carbocycles. The first-order valence-corrected chi connectivity index (χ1v) is 12.5. The van der Waals surface area contributed by atoms with Crippen LogP contribution in [0.1, 0.15) is 36.9 Å². The number of carbonyl (C=O) groups is 3. The van der Waals surface area contributed by atoms with Gasteiger partial charge in [0.1, 0.15) is 29.4 Å². The standard InChI is InChI=1S/C27H32F2N4O4/c1-16(30-2)25(34)31-22(18-11-14-37-15-12-18)27(36)33-13-10-17-6-3-4-7-19(17)24(33)26(35)32-23-20(28)8-5-9-21(23)29/h3-9,16,18,22,24,30H,10-15H2,1-2H3,(H,31,34)(H,32,35). The Kier molecular flexibility index (Phi) is 8.50.